The van der Waals surface area contributed by atoms with Gasteiger partial charge in [0.1, 0.15) is 23.2 Å². The van der Waals surface area contributed by atoms with Crippen LogP contribution in [0, 0.1) is 31.4 Å². The number of halogens is 2. The maximum Gasteiger partial charge on any atom is 0.226 e. The lowest BCUT2D eigenvalue weighted by atomic mass is 9.75. The lowest BCUT2D eigenvalue weighted by Crippen LogP contribution is -2.40. The van der Waals surface area contributed by atoms with Gasteiger partial charge >= 0.3 is 0 Å². The molecule has 0 amide bonds. The molecule has 152 valence electrons. The second kappa shape index (κ2) is 6.86. The van der Waals surface area contributed by atoms with Gasteiger partial charge in [0.05, 0.1) is 12.0 Å². The van der Waals surface area contributed by atoms with E-state index in [0.29, 0.717) is 29.5 Å². The van der Waals surface area contributed by atoms with Gasteiger partial charge < -0.3 is 5.32 Å². The molecule has 2 aliphatic rings. The van der Waals surface area contributed by atoms with Crippen LogP contribution in [0.5, 0.6) is 0 Å². The smallest absolute Gasteiger partial charge is 0.226 e. The van der Waals surface area contributed by atoms with Crippen LogP contribution in [0.2, 0.25) is 0 Å². The molecule has 0 unspecified atom stereocenters. The molecule has 3 aromatic rings. The van der Waals surface area contributed by atoms with Crippen molar-refractivity contribution in [3.8, 4) is 0 Å². The quantitative estimate of drug-likeness (QED) is 0.683. The van der Waals surface area contributed by atoms with Crippen molar-refractivity contribution in [2.24, 2.45) is 5.92 Å². The largest absolute Gasteiger partial charge is 0.328 e. The number of nitrogens with one attached hydrogen (secondary N) is 1. The third-order valence-electron chi connectivity index (χ3n) is 5.79. The van der Waals surface area contributed by atoms with E-state index in [1.165, 1.54) is 12.1 Å². The number of Topliss-reactive ketones (excluding diaryl/α,β-unsaturated/α-hetero) is 1. The number of carbonyl (C=O) groups is 1. The second-order valence-electron chi connectivity index (χ2n) is 7.99. The highest BCUT2D eigenvalue weighted by Crippen LogP contribution is 2.44. The summed E-state index contributed by atoms with van der Waals surface area (Å²) in [6.07, 6.45) is 2.35. The number of allylic oxidation sites excluding steroid dienone is 2. The van der Waals surface area contributed by atoms with Crippen molar-refractivity contribution in [3.63, 3.8) is 0 Å². The van der Waals surface area contributed by atoms with E-state index in [1.54, 1.807) is 11.6 Å². The van der Waals surface area contributed by atoms with Crippen LogP contribution in [0.1, 0.15) is 40.9 Å². The van der Waals surface area contributed by atoms with Gasteiger partial charge in [0.15, 0.2) is 0 Å². The van der Waals surface area contributed by atoms with Crippen molar-refractivity contribution < 1.29 is 13.6 Å². The monoisotopic (exact) mass is 406 g/mol. The minimum Gasteiger partial charge on any atom is -0.328 e. The molecule has 1 aliphatic heterocycles. The summed E-state index contributed by atoms with van der Waals surface area (Å²) in [5, 5.41) is 7.63. The van der Waals surface area contributed by atoms with Crippen LogP contribution in [0.4, 0.5) is 14.7 Å². The third kappa shape index (κ3) is 3.10. The topological polar surface area (TPSA) is 59.8 Å². The van der Waals surface area contributed by atoms with Gasteiger partial charge in [0.2, 0.25) is 5.95 Å². The number of nitrogens with zero attached hydrogens (tertiary/aromatic N) is 3. The van der Waals surface area contributed by atoms with E-state index in [2.05, 4.69) is 15.4 Å². The number of carbonyl (C=O) groups excluding carboxylic acids is 1. The summed E-state index contributed by atoms with van der Waals surface area (Å²) in [5.74, 6) is -1.08. The minimum atomic E-state index is -0.687. The molecule has 5 rings (SSSR count). The Morgan fingerprint density at radius 1 is 1.03 bits per heavy atom. The van der Waals surface area contributed by atoms with Crippen LogP contribution in [0.25, 0.3) is 0 Å². The van der Waals surface area contributed by atoms with Crippen molar-refractivity contribution in [1.82, 2.24) is 14.8 Å². The molecule has 0 bridgehead atoms. The molecule has 2 aromatic carbocycles. The summed E-state index contributed by atoms with van der Waals surface area (Å²) in [5.41, 5.74) is 3.27. The summed E-state index contributed by atoms with van der Waals surface area (Å²) < 4.78 is 29.6. The van der Waals surface area contributed by atoms with E-state index in [0.717, 1.165) is 17.2 Å². The van der Waals surface area contributed by atoms with Gasteiger partial charge in [-0.3, -0.25) is 4.79 Å². The molecule has 3 atom stereocenters. The van der Waals surface area contributed by atoms with Crippen molar-refractivity contribution in [2.45, 2.75) is 32.2 Å². The van der Waals surface area contributed by atoms with Crippen molar-refractivity contribution in [2.75, 3.05) is 5.32 Å². The average Bonchev–Trinajstić information content (AvgIpc) is 3.05. The first-order chi connectivity index (χ1) is 14.4. The zero-order valence-electron chi connectivity index (χ0n) is 16.6. The maximum atomic E-state index is 14.0. The van der Waals surface area contributed by atoms with E-state index in [9.17, 15) is 13.6 Å². The first-order valence-corrected chi connectivity index (χ1v) is 9.86. The first-order valence-electron chi connectivity index (χ1n) is 9.86. The van der Waals surface area contributed by atoms with Gasteiger partial charge in [-0.25, -0.2) is 13.5 Å². The highest BCUT2D eigenvalue weighted by Gasteiger charge is 2.43. The summed E-state index contributed by atoms with van der Waals surface area (Å²) in [7, 11) is 0. The van der Waals surface area contributed by atoms with E-state index >= 15 is 0 Å². The highest BCUT2D eigenvalue weighted by atomic mass is 19.1. The Hall–Kier alpha value is -3.35. The lowest BCUT2D eigenvalue weighted by Gasteiger charge is -2.38. The number of hydrogen-bond donors (Lipinski definition) is 1. The average molecular weight is 406 g/mol. The van der Waals surface area contributed by atoms with E-state index in [1.807, 2.05) is 37.3 Å². The molecule has 5 nitrogen and oxygen atoms in total. The van der Waals surface area contributed by atoms with Crippen molar-refractivity contribution >= 4 is 11.7 Å². The fourth-order valence-corrected chi connectivity index (χ4v) is 4.45. The predicted molar refractivity (Wildman–Crippen MR) is 108 cm³/mol. The molecule has 0 saturated heterocycles. The zero-order chi connectivity index (χ0) is 21.0. The number of anilines is 1. The number of hydrogen-bond acceptors (Lipinski definition) is 4. The minimum absolute atomic E-state index is 0.000882. The molecule has 0 radical (unpaired) electrons. The fourth-order valence-electron chi connectivity index (χ4n) is 4.45. The molecule has 0 spiro atoms. The molecule has 0 fully saturated rings. The normalized spacial score (nSPS) is 22.7. The third-order valence-corrected chi connectivity index (χ3v) is 5.79. The van der Waals surface area contributed by atoms with Gasteiger partial charge in [-0.05, 0) is 37.1 Å². The van der Waals surface area contributed by atoms with Crippen molar-refractivity contribution in [3.05, 3.63) is 88.4 Å². The molecular weight excluding hydrogens is 386 g/mol. The molecule has 2 heterocycles. The highest BCUT2D eigenvalue weighted by molar-refractivity contribution is 5.88. The molecule has 1 aromatic heterocycles. The fraction of sp³-hybridized carbons (Fsp3) is 0.261. The van der Waals surface area contributed by atoms with Gasteiger partial charge in [-0.1, -0.05) is 35.9 Å². The number of aromatic nitrogens is 3. The molecule has 7 heteroatoms. The molecule has 1 N–H and O–H groups in total. The lowest BCUT2D eigenvalue weighted by molar-refractivity contribution is -0.123. The van der Waals surface area contributed by atoms with Crippen LogP contribution in [0.15, 0.2) is 54.2 Å². The summed E-state index contributed by atoms with van der Waals surface area (Å²) in [4.78, 5) is 17.7. The Morgan fingerprint density at radius 2 is 1.73 bits per heavy atom. The first kappa shape index (κ1) is 18.7. The van der Waals surface area contributed by atoms with Gasteiger partial charge in [0.25, 0.3) is 0 Å². The summed E-state index contributed by atoms with van der Waals surface area (Å²) in [6.45, 7) is 3.76. The molecule has 1 aliphatic carbocycles. The number of rotatable bonds is 2. The maximum absolute atomic E-state index is 14.0. The second-order valence-corrected chi connectivity index (χ2v) is 7.99. The Kier molecular flexibility index (Phi) is 4.27. The van der Waals surface area contributed by atoms with E-state index in [4.69, 9.17) is 0 Å². The Bertz CT molecular complexity index is 1160. The number of aryl methyl sites for hydroxylation is 2. The summed E-state index contributed by atoms with van der Waals surface area (Å²) >= 11 is 0. The zero-order valence-corrected chi connectivity index (χ0v) is 16.6. The number of ketones is 1. The van der Waals surface area contributed by atoms with Gasteiger partial charge in [-0.15, -0.1) is 0 Å². The van der Waals surface area contributed by atoms with Crippen LogP contribution >= 0.6 is 0 Å². The molecule has 30 heavy (non-hydrogen) atoms. The summed E-state index contributed by atoms with van der Waals surface area (Å²) in [6, 6.07) is 10.8. The predicted octanol–water partition coefficient (Wildman–Crippen LogP) is 4.44. The molecule has 0 saturated carbocycles. The van der Waals surface area contributed by atoms with Gasteiger partial charge in [-0.2, -0.15) is 10.1 Å². The van der Waals surface area contributed by atoms with Crippen LogP contribution in [-0.2, 0) is 4.79 Å². The SMILES string of the molecule is Cc1ccc([C@@H]2C=C3Nc4nc(C)nn4[C@H](c4cc(F)cc(F)c4)[C@@H]3C(=O)C2)cc1. The van der Waals surface area contributed by atoms with Crippen molar-refractivity contribution in [1.29, 1.82) is 0 Å². The van der Waals surface area contributed by atoms with E-state index in [-0.39, 0.29) is 11.7 Å². The van der Waals surface area contributed by atoms with Crippen LogP contribution in [0.3, 0.4) is 0 Å². The van der Waals surface area contributed by atoms with Crippen LogP contribution in [-0.4, -0.2) is 20.5 Å². The Balaban J connectivity index is 1.64. The Morgan fingerprint density at radius 3 is 2.43 bits per heavy atom. The van der Waals surface area contributed by atoms with E-state index < -0.39 is 23.6 Å². The molecular formula is C23H20F2N4O. The Labute approximate surface area is 172 Å². The van der Waals surface area contributed by atoms with Gasteiger partial charge in [0, 0.05) is 24.1 Å². The van der Waals surface area contributed by atoms with Crippen LogP contribution < -0.4 is 5.32 Å². The standard InChI is InChI=1S/C23H20F2N4O/c1-12-3-5-14(6-4-12)15-9-19-21(20(30)10-15)22(16-7-17(24)11-18(25)8-16)29-23(27-19)26-13(2)28-29/h3-9,11,15,21-22H,10H2,1-2H3,(H,26,27,28)/t15-,21+,22-/m1/s1. The number of benzene rings is 2. The number of fused-ring (bicyclic) bond motifs is 2.